The Balaban J connectivity index is 2.94. The van der Waals surface area contributed by atoms with Crippen molar-refractivity contribution in [3.63, 3.8) is 0 Å². The van der Waals surface area contributed by atoms with E-state index in [1.54, 1.807) is 12.2 Å². The first kappa shape index (κ1) is 10.3. The molecule has 1 aromatic rings. The third kappa shape index (κ3) is 2.90. The van der Waals surface area contributed by atoms with Gasteiger partial charge >= 0.3 is 6.47 Å². The molecule has 2 nitrogen and oxygen atoms in total. The van der Waals surface area contributed by atoms with E-state index in [0.717, 1.165) is 5.56 Å². The fourth-order valence-electron chi connectivity index (χ4n) is 1.02. The number of carbonyl (C=O) groups excluding carboxylic acids is 1. The lowest BCUT2D eigenvalue weighted by Gasteiger charge is -2.01. The summed E-state index contributed by atoms with van der Waals surface area (Å²) in [7, 11) is 0. The van der Waals surface area contributed by atoms with Crippen molar-refractivity contribution in [3.05, 3.63) is 54.1 Å². The minimum Gasteiger partial charge on any atom is -0.417 e. The van der Waals surface area contributed by atoms with Gasteiger partial charge in [0, 0.05) is 5.56 Å². The molecule has 1 rings (SSSR count). The van der Waals surface area contributed by atoms with E-state index in [1.165, 1.54) is 6.47 Å². The Bertz CT molecular complexity index is 337. The third-order valence-electron chi connectivity index (χ3n) is 1.65. The van der Waals surface area contributed by atoms with Gasteiger partial charge < -0.3 is 4.74 Å². The number of benzene rings is 1. The molecule has 0 fully saturated rings. The van der Waals surface area contributed by atoms with E-state index in [-0.39, 0.29) is 0 Å². The molecule has 71 valence electrons. The highest BCUT2D eigenvalue weighted by Gasteiger charge is 1.99. The Morgan fingerprint density at radius 3 is 2.64 bits per heavy atom. The van der Waals surface area contributed by atoms with Gasteiger partial charge in [-0.2, -0.15) is 0 Å². The lowest BCUT2D eigenvalue weighted by molar-refractivity contribution is 0.418. The van der Waals surface area contributed by atoms with Crippen molar-refractivity contribution < 1.29 is 9.53 Å². The maximum absolute atomic E-state index is 10.1. The molecule has 0 aromatic heterocycles. The first-order chi connectivity index (χ1) is 6.88. The van der Waals surface area contributed by atoms with Crippen molar-refractivity contribution in [3.8, 4) is 0 Å². The summed E-state index contributed by atoms with van der Waals surface area (Å²) >= 11 is 0. The lowest BCUT2D eigenvalue weighted by Crippen LogP contribution is -1.88. The van der Waals surface area contributed by atoms with E-state index in [9.17, 15) is 4.79 Å². The minimum atomic E-state index is 0.499. The summed E-state index contributed by atoms with van der Waals surface area (Å²) in [6.45, 7) is 3.32. The lowest BCUT2D eigenvalue weighted by atomic mass is 10.2. The van der Waals surface area contributed by atoms with E-state index in [2.05, 4.69) is 0 Å². The smallest absolute Gasteiger partial charge is 0.417 e. The third-order valence-corrected chi connectivity index (χ3v) is 1.65. The van der Waals surface area contributed by atoms with E-state index in [0.29, 0.717) is 5.76 Å². The Kier molecular flexibility index (Phi) is 4.21. The minimum absolute atomic E-state index is 0.499. The van der Waals surface area contributed by atoms with Gasteiger partial charge in [-0.1, -0.05) is 42.5 Å². The van der Waals surface area contributed by atoms with Crippen LogP contribution in [0.2, 0.25) is 0 Å². The number of ether oxygens (including phenoxy) is 1. The second kappa shape index (κ2) is 5.75. The monoisotopic (exact) mass is 187 g/mol. The maximum Gasteiger partial charge on any atom is 0.423 e. The molecule has 1 radical (unpaired) electrons. The zero-order valence-electron chi connectivity index (χ0n) is 7.94. The number of hydrogen-bond acceptors (Lipinski definition) is 2. The quantitative estimate of drug-likeness (QED) is 0.535. The summed E-state index contributed by atoms with van der Waals surface area (Å²) in [6.07, 6.45) is 5.39. The predicted molar refractivity (Wildman–Crippen MR) is 56.0 cm³/mol. The van der Waals surface area contributed by atoms with Crippen LogP contribution in [0.15, 0.2) is 48.6 Å². The molecule has 0 aliphatic rings. The first-order valence-electron chi connectivity index (χ1n) is 4.31. The van der Waals surface area contributed by atoms with Crippen molar-refractivity contribution in [2.24, 2.45) is 0 Å². The van der Waals surface area contributed by atoms with Crippen molar-refractivity contribution in [1.29, 1.82) is 0 Å². The molecule has 0 aliphatic heterocycles. The first-order valence-corrected chi connectivity index (χ1v) is 4.31. The summed E-state index contributed by atoms with van der Waals surface area (Å²) in [4.78, 5) is 10.1. The normalized spacial score (nSPS) is 11.6. The summed E-state index contributed by atoms with van der Waals surface area (Å²) in [5.74, 6) is 0.499. The molecule has 0 spiro atoms. The highest BCUT2D eigenvalue weighted by Crippen LogP contribution is 2.14. The molecule has 1 aromatic carbocycles. The molecule has 0 N–H and O–H groups in total. The Labute approximate surface area is 83.5 Å². The van der Waals surface area contributed by atoms with Crippen molar-refractivity contribution in [2.75, 3.05) is 0 Å². The largest absolute Gasteiger partial charge is 0.423 e. The molecule has 0 unspecified atom stereocenters. The summed E-state index contributed by atoms with van der Waals surface area (Å²) in [5, 5.41) is 0. The summed E-state index contributed by atoms with van der Waals surface area (Å²) in [6, 6.07) is 9.40. The fraction of sp³-hybridized carbons (Fsp3) is 0.0833. The maximum atomic E-state index is 10.1. The van der Waals surface area contributed by atoms with Crippen LogP contribution in [0, 0.1) is 0 Å². The van der Waals surface area contributed by atoms with Crippen LogP contribution in [0.3, 0.4) is 0 Å². The van der Waals surface area contributed by atoms with Gasteiger partial charge in [-0.15, -0.1) is 0 Å². The molecule has 0 atom stereocenters. The van der Waals surface area contributed by atoms with Crippen LogP contribution in [-0.4, -0.2) is 6.47 Å². The van der Waals surface area contributed by atoms with Gasteiger partial charge in [0.15, 0.2) is 0 Å². The zero-order valence-corrected chi connectivity index (χ0v) is 7.94. The van der Waals surface area contributed by atoms with Crippen LogP contribution in [0.5, 0.6) is 0 Å². The molecule has 0 bridgehead atoms. The topological polar surface area (TPSA) is 26.3 Å². The van der Waals surface area contributed by atoms with Gasteiger partial charge in [-0.3, -0.25) is 0 Å². The molecule has 14 heavy (non-hydrogen) atoms. The van der Waals surface area contributed by atoms with E-state index < -0.39 is 0 Å². The molecule has 0 saturated carbocycles. The number of hydrogen-bond donors (Lipinski definition) is 0. The second-order valence-electron chi connectivity index (χ2n) is 2.61. The van der Waals surface area contributed by atoms with Crippen molar-refractivity contribution in [1.82, 2.24) is 0 Å². The molecule has 0 aliphatic carbocycles. The van der Waals surface area contributed by atoms with Crippen LogP contribution >= 0.6 is 0 Å². The Morgan fingerprint density at radius 2 is 2.07 bits per heavy atom. The van der Waals surface area contributed by atoms with E-state index in [4.69, 9.17) is 4.74 Å². The fourth-order valence-corrected chi connectivity index (χ4v) is 1.02. The van der Waals surface area contributed by atoms with Gasteiger partial charge in [-0.25, -0.2) is 4.79 Å². The van der Waals surface area contributed by atoms with E-state index >= 15 is 0 Å². The predicted octanol–water partition coefficient (Wildman–Crippen LogP) is 2.69. The highest BCUT2D eigenvalue weighted by molar-refractivity contribution is 5.67. The Hall–Kier alpha value is -1.83. The standard InChI is InChI=1S/C12H11O2/c1-2-3-9-12(14-10-13)11-7-5-4-6-8-11/h2-9H,1H3/b3-2+,12-9+. The van der Waals surface area contributed by atoms with Crippen molar-refractivity contribution >= 4 is 12.2 Å². The van der Waals surface area contributed by atoms with Gasteiger partial charge in [0.05, 0.1) is 0 Å². The van der Waals surface area contributed by atoms with E-state index in [1.807, 2.05) is 43.3 Å². The number of rotatable bonds is 4. The van der Waals surface area contributed by atoms with Crippen LogP contribution in [0.4, 0.5) is 0 Å². The van der Waals surface area contributed by atoms with Crippen molar-refractivity contribution in [2.45, 2.75) is 6.92 Å². The molecule has 2 heteroatoms. The summed E-state index contributed by atoms with van der Waals surface area (Å²) in [5.41, 5.74) is 0.856. The van der Waals surface area contributed by atoms with Gasteiger partial charge in [0.1, 0.15) is 5.76 Å². The SMILES string of the molecule is C/C=C/C=C(/O[C]=O)c1ccccc1. The van der Waals surface area contributed by atoms with Gasteiger partial charge in [0.2, 0.25) is 0 Å². The highest BCUT2D eigenvalue weighted by atomic mass is 16.5. The van der Waals surface area contributed by atoms with Crippen LogP contribution in [0.1, 0.15) is 12.5 Å². The Morgan fingerprint density at radius 1 is 1.36 bits per heavy atom. The molecule has 0 saturated heterocycles. The number of allylic oxidation sites excluding steroid dienone is 3. The van der Waals surface area contributed by atoms with Crippen LogP contribution in [-0.2, 0) is 9.53 Å². The molecule has 0 heterocycles. The molecule has 0 amide bonds. The average molecular weight is 187 g/mol. The average Bonchev–Trinajstić information content (AvgIpc) is 2.25. The molecular weight excluding hydrogens is 176 g/mol. The second-order valence-corrected chi connectivity index (χ2v) is 2.61. The van der Waals surface area contributed by atoms with Gasteiger partial charge in [-0.05, 0) is 13.0 Å². The van der Waals surface area contributed by atoms with Crippen LogP contribution < -0.4 is 0 Å². The zero-order chi connectivity index (χ0) is 10.2. The summed E-state index contributed by atoms with van der Waals surface area (Å²) < 4.78 is 4.73. The van der Waals surface area contributed by atoms with Crippen LogP contribution in [0.25, 0.3) is 5.76 Å². The molecular formula is C12H11O2. The van der Waals surface area contributed by atoms with Gasteiger partial charge in [0.25, 0.3) is 0 Å².